The predicted octanol–water partition coefficient (Wildman–Crippen LogP) is 2.02. The third-order valence-electron chi connectivity index (χ3n) is 3.12. The van der Waals surface area contributed by atoms with Crippen molar-refractivity contribution in [3.8, 4) is 0 Å². The Bertz CT molecular complexity index is 211. The molecule has 1 rings (SSSR count). The van der Waals surface area contributed by atoms with E-state index in [1.807, 2.05) is 6.92 Å². The Balaban J connectivity index is 2.47. The number of hydrogen-bond acceptors (Lipinski definition) is 2. The van der Waals surface area contributed by atoms with Gasteiger partial charge in [-0.2, -0.15) is 0 Å². The minimum atomic E-state index is -0.723. The minimum Gasteiger partial charge on any atom is -0.480 e. The van der Waals surface area contributed by atoms with Gasteiger partial charge in [0.1, 0.15) is 5.54 Å². The van der Waals surface area contributed by atoms with E-state index in [4.69, 9.17) is 5.11 Å². The SMILES string of the molecule is CCCC(C)(NC1CC(C)C1)C(=O)O. The summed E-state index contributed by atoms with van der Waals surface area (Å²) >= 11 is 0. The van der Waals surface area contributed by atoms with E-state index in [1.54, 1.807) is 6.92 Å². The van der Waals surface area contributed by atoms with E-state index in [9.17, 15) is 4.79 Å². The third kappa shape index (κ3) is 2.47. The van der Waals surface area contributed by atoms with Crippen molar-refractivity contribution in [1.29, 1.82) is 0 Å². The van der Waals surface area contributed by atoms with Crippen molar-refractivity contribution in [1.82, 2.24) is 5.32 Å². The first kappa shape index (κ1) is 11.5. The molecule has 0 aromatic rings. The molecule has 1 aliphatic rings. The summed E-state index contributed by atoms with van der Waals surface area (Å²) in [5, 5.41) is 12.4. The van der Waals surface area contributed by atoms with Crippen LogP contribution in [-0.4, -0.2) is 22.7 Å². The highest BCUT2D eigenvalue weighted by Crippen LogP contribution is 2.29. The van der Waals surface area contributed by atoms with Gasteiger partial charge in [-0.3, -0.25) is 10.1 Å². The number of carbonyl (C=O) groups is 1. The molecule has 0 saturated heterocycles. The minimum absolute atomic E-state index is 0.414. The third-order valence-corrected chi connectivity index (χ3v) is 3.12. The Morgan fingerprint density at radius 3 is 2.50 bits per heavy atom. The number of nitrogens with one attached hydrogen (secondary N) is 1. The summed E-state index contributed by atoms with van der Waals surface area (Å²) in [6.07, 6.45) is 3.84. The smallest absolute Gasteiger partial charge is 0.323 e. The van der Waals surface area contributed by atoms with Crippen molar-refractivity contribution in [3.63, 3.8) is 0 Å². The van der Waals surface area contributed by atoms with Gasteiger partial charge in [-0.05, 0) is 32.1 Å². The van der Waals surface area contributed by atoms with Crippen molar-refractivity contribution in [2.45, 2.75) is 58.0 Å². The molecule has 14 heavy (non-hydrogen) atoms. The van der Waals surface area contributed by atoms with Gasteiger partial charge >= 0.3 is 5.97 Å². The molecule has 0 aliphatic heterocycles. The Kier molecular flexibility index (Phi) is 3.53. The van der Waals surface area contributed by atoms with E-state index >= 15 is 0 Å². The highest BCUT2D eigenvalue weighted by Gasteiger charge is 2.37. The zero-order valence-corrected chi connectivity index (χ0v) is 9.34. The van der Waals surface area contributed by atoms with Crippen molar-refractivity contribution in [2.24, 2.45) is 5.92 Å². The van der Waals surface area contributed by atoms with E-state index in [0.717, 1.165) is 25.2 Å². The first-order chi connectivity index (χ1) is 6.48. The van der Waals surface area contributed by atoms with Crippen LogP contribution in [0.25, 0.3) is 0 Å². The molecule has 1 saturated carbocycles. The van der Waals surface area contributed by atoms with Gasteiger partial charge < -0.3 is 5.11 Å². The topological polar surface area (TPSA) is 49.3 Å². The molecular formula is C11H21NO2. The first-order valence-electron chi connectivity index (χ1n) is 5.49. The maximum atomic E-state index is 11.1. The predicted molar refractivity (Wildman–Crippen MR) is 56.3 cm³/mol. The Labute approximate surface area is 85.9 Å². The van der Waals surface area contributed by atoms with Crippen LogP contribution in [0.1, 0.15) is 46.5 Å². The molecule has 0 bridgehead atoms. The fraction of sp³-hybridized carbons (Fsp3) is 0.909. The standard InChI is InChI=1S/C11H21NO2/c1-4-5-11(3,10(13)14)12-9-6-8(2)7-9/h8-9,12H,4-7H2,1-3H3,(H,13,14). The van der Waals surface area contributed by atoms with Gasteiger partial charge in [0.2, 0.25) is 0 Å². The van der Waals surface area contributed by atoms with Crippen LogP contribution < -0.4 is 5.32 Å². The average molecular weight is 199 g/mol. The van der Waals surface area contributed by atoms with Crippen LogP contribution >= 0.6 is 0 Å². The highest BCUT2D eigenvalue weighted by atomic mass is 16.4. The molecule has 1 fully saturated rings. The number of aliphatic carboxylic acids is 1. The molecular weight excluding hydrogens is 178 g/mol. The summed E-state index contributed by atoms with van der Waals surface area (Å²) in [7, 11) is 0. The van der Waals surface area contributed by atoms with Crippen molar-refractivity contribution >= 4 is 5.97 Å². The van der Waals surface area contributed by atoms with Gasteiger partial charge in [-0.1, -0.05) is 20.3 Å². The summed E-state index contributed by atoms with van der Waals surface area (Å²) in [5.41, 5.74) is -0.723. The number of carboxylic acids is 1. The van der Waals surface area contributed by atoms with Gasteiger partial charge in [0.05, 0.1) is 0 Å². The van der Waals surface area contributed by atoms with E-state index < -0.39 is 11.5 Å². The lowest BCUT2D eigenvalue weighted by molar-refractivity contribution is -0.145. The molecule has 0 aromatic carbocycles. The lowest BCUT2D eigenvalue weighted by Gasteiger charge is -2.39. The number of carboxylic acid groups (broad SMARTS) is 1. The Hall–Kier alpha value is -0.570. The van der Waals surface area contributed by atoms with Gasteiger partial charge in [0, 0.05) is 6.04 Å². The molecule has 0 aromatic heterocycles. The van der Waals surface area contributed by atoms with Crippen LogP contribution in [0.5, 0.6) is 0 Å². The number of hydrogen-bond donors (Lipinski definition) is 2. The molecule has 0 spiro atoms. The van der Waals surface area contributed by atoms with Crippen LogP contribution in [0.15, 0.2) is 0 Å². The van der Waals surface area contributed by atoms with Gasteiger partial charge in [0.15, 0.2) is 0 Å². The van der Waals surface area contributed by atoms with E-state index in [2.05, 4.69) is 12.2 Å². The van der Waals surface area contributed by atoms with Crippen molar-refractivity contribution in [3.05, 3.63) is 0 Å². The molecule has 2 N–H and O–H groups in total. The fourth-order valence-electron chi connectivity index (χ4n) is 2.21. The lowest BCUT2D eigenvalue weighted by atomic mass is 9.80. The van der Waals surface area contributed by atoms with Crippen LogP contribution in [0.2, 0.25) is 0 Å². The Morgan fingerprint density at radius 1 is 1.57 bits per heavy atom. The van der Waals surface area contributed by atoms with E-state index in [0.29, 0.717) is 12.5 Å². The Morgan fingerprint density at radius 2 is 2.14 bits per heavy atom. The average Bonchev–Trinajstić information content (AvgIpc) is 2.01. The van der Waals surface area contributed by atoms with E-state index in [-0.39, 0.29) is 0 Å². The van der Waals surface area contributed by atoms with Crippen LogP contribution in [0.3, 0.4) is 0 Å². The second kappa shape index (κ2) is 4.30. The molecule has 3 nitrogen and oxygen atoms in total. The van der Waals surface area contributed by atoms with Crippen molar-refractivity contribution < 1.29 is 9.90 Å². The molecule has 0 heterocycles. The summed E-state index contributed by atoms with van der Waals surface area (Å²) in [5.74, 6) is 0.0334. The second-order valence-electron chi connectivity index (χ2n) is 4.81. The van der Waals surface area contributed by atoms with Gasteiger partial charge in [-0.25, -0.2) is 0 Å². The molecule has 0 amide bonds. The number of rotatable bonds is 5. The fourth-order valence-corrected chi connectivity index (χ4v) is 2.21. The van der Waals surface area contributed by atoms with E-state index in [1.165, 1.54) is 0 Å². The summed E-state index contributed by atoms with van der Waals surface area (Å²) < 4.78 is 0. The van der Waals surface area contributed by atoms with Crippen LogP contribution in [-0.2, 0) is 4.79 Å². The quantitative estimate of drug-likeness (QED) is 0.712. The van der Waals surface area contributed by atoms with Gasteiger partial charge in [-0.15, -0.1) is 0 Å². The van der Waals surface area contributed by atoms with Gasteiger partial charge in [0.25, 0.3) is 0 Å². The molecule has 3 heteroatoms. The molecule has 1 unspecified atom stereocenters. The highest BCUT2D eigenvalue weighted by molar-refractivity contribution is 5.78. The molecule has 0 radical (unpaired) electrons. The van der Waals surface area contributed by atoms with Crippen LogP contribution in [0.4, 0.5) is 0 Å². The normalized spacial score (nSPS) is 30.5. The largest absolute Gasteiger partial charge is 0.480 e. The lowest BCUT2D eigenvalue weighted by Crippen LogP contribution is -2.57. The zero-order chi connectivity index (χ0) is 10.8. The maximum absolute atomic E-state index is 11.1. The zero-order valence-electron chi connectivity index (χ0n) is 9.34. The summed E-state index contributed by atoms with van der Waals surface area (Å²) in [4.78, 5) is 11.1. The monoisotopic (exact) mass is 199 g/mol. The molecule has 1 aliphatic carbocycles. The molecule has 82 valence electrons. The summed E-state index contributed by atoms with van der Waals surface area (Å²) in [6.45, 7) is 6.02. The summed E-state index contributed by atoms with van der Waals surface area (Å²) in [6, 6.07) is 0.414. The van der Waals surface area contributed by atoms with Crippen LogP contribution in [0, 0.1) is 5.92 Å². The second-order valence-corrected chi connectivity index (χ2v) is 4.81. The van der Waals surface area contributed by atoms with Crippen molar-refractivity contribution in [2.75, 3.05) is 0 Å². The molecule has 1 atom stereocenters. The first-order valence-corrected chi connectivity index (χ1v) is 5.49. The maximum Gasteiger partial charge on any atom is 0.323 e.